The Morgan fingerprint density at radius 1 is 1.17 bits per heavy atom. The molecule has 2 heterocycles. The van der Waals surface area contributed by atoms with Crippen LogP contribution in [0.4, 0.5) is 0 Å². The summed E-state index contributed by atoms with van der Waals surface area (Å²) in [7, 11) is 0. The van der Waals surface area contributed by atoms with Gasteiger partial charge in [0.25, 0.3) is 0 Å². The summed E-state index contributed by atoms with van der Waals surface area (Å²) in [6.45, 7) is 10.8. The first-order valence-electron chi connectivity index (χ1n) is 12.7. The van der Waals surface area contributed by atoms with Crippen molar-refractivity contribution in [1.82, 2.24) is 4.98 Å². The molecule has 0 saturated carbocycles. The van der Waals surface area contributed by atoms with Crippen LogP contribution >= 0.6 is 11.3 Å². The number of aliphatic hydroxyl groups excluding tert-OH is 2. The molecule has 1 aliphatic rings. The molecule has 7 heteroatoms. The highest BCUT2D eigenvalue weighted by Crippen LogP contribution is 2.32. The first-order valence-corrected chi connectivity index (χ1v) is 13.5. The summed E-state index contributed by atoms with van der Waals surface area (Å²) in [5, 5.41) is 24.8. The Labute approximate surface area is 218 Å². The van der Waals surface area contributed by atoms with Gasteiger partial charge in [-0.25, -0.2) is 4.98 Å². The average Bonchev–Trinajstić information content (AvgIpc) is 3.23. The molecule has 0 spiro atoms. The lowest BCUT2D eigenvalue weighted by molar-refractivity contribution is -0.154. The van der Waals surface area contributed by atoms with Crippen LogP contribution in [0, 0.1) is 24.2 Å². The van der Waals surface area contributed by atoms with Gasteiger partial charge in [-0.15, -0.1) is 11.3 Å². The lowest BCUT2D eigenvalue weighted by Gasteiger charge is -2.34. The predicted molar refractivity (Wildman–Crippen MR) is 143 cm³/mol. The maximum Gasteiger partial charge on any atom is 0.309 e. The van der Waals surface area contributed by atoms with Gasteiger partial charge in [-0.05, 0) is 61.8 Å². The Hall–Kier alpha value is -2.35. The van der Waals surface area contributed by atoms with Gasteiger partial charge in [0.05, 0.1) is 34.7 Å². The van der Waals surface area contributed by atoms with E-state index in [9.17, 15) is 19.8 Å². The summed E-state index contributed by atoms with van der Waals surface area (Å²) in [6.07, 6.45) is 0.976. The fourth-order valence-corrected chi connectivity index (χ4v) is 5.44. The zero-order valence-corrected chi connectivity index (χ0v) is 23.0. The van der Waals surface area contributed by atoms with E-state index in [0.29, 0.717) is 19.3 Å². The van der Waals surface area contributed by atoms with Crippen molar-refractivity contribution in [3.63, 3.8) is 0 Å². The lowest BCUT2D eigenvalue weighted by Crippen LogP contribution is -2.46. The van der Waals surface area contributed by atoms with Gasteiger partial charge in [-0.3, -0.25) is 9.59 Å². The van der Waals surface area contributed by atoms with Crippen molar-refractivity contribution in [2.75, 3.05) is 0 Å². The summed E-state index contributed by atoms with van der Waals surface area (Å²) in [4.78, 5) is 30.7. The molecule has 0 aliphatic carbocycles. The van der Waals surface area contributed by atoms with Crippen LogP contribution in [0.15, 0.2) is 35.2 Å². The number of fused-ring (bicyclic) bond motifs is 2. The molecule has 3 rings (SSSR count). The van der Waals surface area contributed by atoms with Gasteiger partial charge >= 0.3 is 5.97 Å². The summed E-state index contributed by atoms with van der Waals surface area (Å²) in [6, 6.07) is 8.21. The Morgan fingerprint density at radius 3 is 2.53 bits per heavy atom. The average molecular weight is 514 g/mol. The Bertz CT molecular complexity index is 1100. The maximum absolute atomic E-state index is 13.3. The number of rotatable bonds is 2. The molecule has 1 aliphatic heterocycles. The molecule has 36 heavy (non-hydrogen) atoms. The van der Waals surface area contributed by atoms with Gasteiger partial charge in [0.15, 0.2) is 0 Å². The number of carbonyl (C=O) groups is 2. The second-order valence-electron chi connectivity index (χ2n) is 10.8. The standard InChI is InChI=1S/C29H39NO5S/c1-17(13-23-16-36-20(4)30-23)24-11-10-21-8-7-9-22(14-21)12-18(2)27(33)19(3)28(34)29(5,6)25(31)15-26(32)35-24/h7-9,13-14,16,18-19,24-25,27,31,33H,10-12,15H2,1-6H3/b17-13+/t18-,19+,24?,25-,27-/m0/s1. The number of carbonyl (C=O) groups excluding carboxylic acids is 2. The van der Waals surface area contributed by atoms with Crippen LogP contribution in [0.3, 0.4) is 0 Å². The van der Waals surface area contributed by atoms with Gasteiger partial charge < -0.3 is 14.9 Å². The molecule has 196 valence electrons. The van der Waals surface area contributed by atoms with Gasteiger partial charge in [-0.1, -0.05) is 52.0 Å². The number of hydrogen-bond acceptors (Lipinski definition) is 7. The van der Waals surface area contributed by atoms with Crippen LogP contribution in [0.2, 0.25) is 0 Å². The number of aromatic nitrogens is 1. The number of nitrogens with zero attached hydrogens (tertiary/aromatic N) is 1. The number of hydrogen-bond donors (Lipinski definition) is 2. The summed E-state index contributed by atoms with van der Waals surface area (Å²) in [5.74, 6) is -1.66. The minimum atomic E-state index is -1.23. The minimum Gasteiger partial charge on any atom is -0.458 e. The molecule has 1 unspecified atom stereocenters. The molecule has 1 aromatic carbocycles. The highest BCUT2D eigenvalue weighted by molar-refractivity contribution is 7.09. The monoisotopic (exact) mass is 513 g/mol. The summed E-state index contributed by atoms with van der Waals surface area (Å²) in [5.41, 5.74) is 2.69. The number of Topliss-reactive ketones (excluding diaryl/α,β-unsaturated/α-hetero) is 1. The highest BCUT2D eigenvalue weighted by atomic mass is 32.1. The van der Waals surface area contributed by atoms with E-state index < -0.39 is 35.6 Å². The van der Waals surface area contributed by atoms with Crippen LogP contribution < -0.4 is 0 Å². The number of aryl methyl sites for hydroxylation is 2. The van der Waals surface area contributed by atoms with E-state index in [1.807, 2.05) is 50.4 Å². The molecular weight excluding hydrogens is 474 g/mol. The fourth-order valence-electron chi connectivity index (χ4n) is 4.87. The molecule has 0 fully saturated rings. The van der Waals surface area contributed by atoms with E-state index in [1.54, 1.807) is 32.1 Å². The van der Waals surface area contributed by atoms with Gasteiger partial charge in [0.2, 0.25) is 0 Å². The molecule has 2 aromatic rings. The van der Waals surface area contributed by atoms with Crippen LogP contribution in [-0.2, 0) is 27.2 Å². The third-order valence-electron chi connectivity index (χ3n) is 7.38. The van der Waals surface area contributed by atoms with E-state index in [4.69, 9.17) is 4.74 Å². The fraction of sp³-hybridized carbons (Fsp3) is 0.552. The number of ether oxygens (including phenoxy) is 1. The third-order valence-corrected chi connectivity index (χ3v) is 8.17. The molecule has 2 bridgehead atoms. The number of benzene rings is 1. The Balaban J connectivity index is 1.95. The first-order chi connectivity index (χ1) is 16.9. The van der Waals surface area contributed by atoms with Crippen molar-refractivity contribution in [2.24, 2.45) is 17.3 Å². The normalized spacial score (nSPS) is 28.6. The number of thiazole rings is 1. The topological polar surface area (TPSA) is 96.7 Å². The molecule has 0 amide bonds. The van der Waals surface area contributed by atoms with Crippen LogP contribution in [0.1, 0.15) is 69.3 Å². The van der Waals surface area contributed by atoms with Crippen molar-refractivity contribution >= 4 is 29.2 Å². The van der Waals surface area contributed by atoms with E-state index in [1.165, 1.54) is 0 Å². The number of esters is 1. The molecule has 1 aromatic heterocycles. The number of ketones is 1. The number of aliphatic hydroxyl groups is 2. The molecule has 5 atom stereocenters. The molecule has 0 radical (unpaired) electrons. The molecule has 0 saturated heterocycles. The van der Waals surface area contributed by atoms with E-state index in [0.717, 1.165) is 27.4 Å². The Kier molecular flexibility index (Phi) is 9.25. The number of cyclic esters (lactones) is 1. The predicted octanol–water partition coefficient (Wildman–Crippen LogP) is 4.93. The second-order valence-corrected chi connectivity index (χ2v) is 11.8. The van der Waals surface area contributed by atoms with Crippen molar-refractivity contribution in [3.8, 4) is 0 Å². The van der Waals surface area contributed by atoms with E-state index in [2.05, 4.69) is 11.1 Å². The zero-order chi connectivity index (χ0) is 26.6. The summed E-state index contributed by atoms with van der Waals surface area (Å²) >= 11 is 1.56. The maximum atomic E-state index is 13.3. The Morgan fingerprint density at radius 2 is 1.86 bits per heavy atom. The van der Waals surface area contributed by atoms with Crippen LogP contribution in [0.5, 0.6) is 0 Å². The molecule has 2 N–H and O–H groups in total. The zero-order valence-electron chi connectivity index (χ0n) is 22.2. The van der Waals surface area contributed by atoms with Crippen molar-refractivity contribution in [1.29, 1.82) is 0 Å². The summed E-state index contributed by atoms with van der Waals surface area (Å²) < 4.78 is 5.88. The largest absolute Gasteiger partial charge is 0.458 e. The first kappa shape index (κ1) is 28.2. The molecular formula is C29H39NO5S. The quantitative estimate of drug-likeness (QED) is 0.553. The second kappa shape index (κ2) is 11.8. The third kappa shape index (κ3) is 6.90. The van der Waals surface area contributed by atoms with Crippen molar-refractivity contribution < 1.29 is 24.5 Å². The van der Waals surface area contributed by atoms with E-state index in [-0.39, 0.29) is 18.1 Å². The molecule has 6 nitrogen and oxygen atoms in total. The van der Waals surface area contributed by atoms with Crippen molar-refractivity contribution in [2.45, 2.75) is 85.5 Å². The van der Waals surface area contributed by atoms with Crippen LogP contribution in [-0.4, -0.2) is 45.3 Å². The van der Waals surface area contributed by atoms with Gasteiger partial charge in [0, 0.05) is 11.3 Å². The minimum absolute atomic E-state index is 0.149. The van der Waals surface area contributed by atoms with E-state index >= 15 is 0 Å². The lowest BCUT2D eigenvalue weighted by atomic mass is 9.73. The van der Waals surface area contributed by atoms with Crippen LogP contribution in [0.25, 0.3) is 6.08 Å². The SMILES string of the molecule is C/C(=C\c1csc(C)n1)C1CCc2cccc(c2)C[C@H](C)[C@H](O)[C@@H](C)C(=O)C(C)(C)[C@@H](O)CC(=O)O1. The smallest absolute Gasteiger partial charge is 0.309 e. The van der Waals surface area contributed by atoms with Gasteiger partial charge in [0.1, 0.15) is 11.9 Å². The highest BCUT2D eigenvalue weighted by Gasteiger charge is 2.42. The van der Waals surface area contributed by atoms with Crippen molar-refractivity contribution in [3.05, 3.63) is 57.0 Å². The van der Waals surface area contributed by atoms with Gasteiger partial charge in [-0.2, -0.15) is 0 Å².